The first-order chi connectivity index (χ1) is 8.58. The molecule has 0 unspecified atom stereocenters. The number of hydrogen-bond donors (Lipinski definition) is 3. The lowest BCUT2D eigenvalue weighted by Gasteiger charge is -2.10. The van der Waals surface area contributed by atoms with E-state index in [1.807, 2.05) is 0 Å². The molecule has 2 aromatic rings. The molecule has 0 bridgehead atoms. The number of hydrogen-bond acceptors (Lipinski definition) is 3. The number of aromatic hydroxyl groups is 2. The normalized spacial score (nSPS) is 10.3. The number of phenols is 2. The van der Waals surface area contributed by atoms with Crippen LogP contribution in [0.25, 0.3) is 0 Å². The molecule has 0 saturated heterocycles. The van der Waals surface area contributed by atoms with Crippen molar-refractivity contribution < 1.29 is 10.2 Å². The second-order valence-electron chi connectivity index (χ2n) is 3.77. The molecule has 0 aromatic heterocycles. The SMILES string of the molecule is Oc1ccc(CNc2cccc(Cl)c2Cl)c(O)c1. The maximum absolute atomic E-state index is 9.63. The molecule has 0 amide bonds. The highest BCUT2D eigenvalue weighted by atomic mass is 35.5. The van der Waals surface area contributed by atoms with Crippen LogP contribution in [-0.4, -0.2) is 10.2 Å². The van der Waals surface area contributed by atoms with Crippen molar-refractivity contribution in [3.05, 3.63) is 52.0 Å². The minimum atomic E-state index is 0.0250. The summed E-state index contributed by atoms with van der Waals surface area (Å²) in [5, 5.41) is 22.8. The summed E-state index contributed by atoms with van der Waals surface area (Å²) in [5.41, 5.74) is 1.35. The van der Waals surface area contributed by atoms with Gasteiger partial charge in [-0.25, -0.2) is 0 Å². The molecule has 0 aliphatic rings. The lowest BCUT2D eigenvalue weighted by Crippen LogP contribution is -2.00. The summed E-state index contributed by atoms with van der Waals surface area (Å²) in [6.45, 7) is 0.381. The van der Waals surface area contributed by atoms with Gasteiger partial charge in [-0.1, -0.05) is 29.3 Å². The van der Waals surface area contributed by atoms with Crippen molar-refractivity contribution in [3.63, 3.8) is 0 Å². The van der Waals surface area contributed by atoms with Crippen LogP contribution in [0.5, 0.6) is 11.5 Å². The van der Waals surface area contributed by atoms with Crippen molar-refractivity contribution >= 4 is 28.9 Å². The molecule has 0 fully saturated rings. The summed E-state index contributed by atoms with van der Waals surface area (Å²) >= 11 is 11.9. The van der Waals surface area contributed by atoms with E-state index in [-0.39, 0.29) is 11.5 Å². The topological polar surface area (TPSA) is 52.5 Å². The van der Waals surface area contributed by atoms with Gasteiger partial charge < -0.3 is 15.5 Å². The minimum Gasteiger partial charge on any atom is -0.508 e. The fourth-order valence-electron chi connectivity index (χ4n) is 1.53. The van der Waals surface area contributed by atoms with Gasteiger partial charge in [-0.3, -0.25) is 0 Å². The Labute approximate surface area is 115 Å². The zero-order valence-corrected chi connectivity index (χ0v) is 10.8. The van der Waals surface area contributed by atoms with Crippen LogP contribution in [-0.2, 0) is 6.54 Å². The highest BCUT2D eigenvalue weighted by molar-refractivity contribution is 6.43. The molecule has 0 aliphatic carbocycles. The summed E-state index contributed by atoms with van der Waals surface area (Å²) in [5.74, 6) is 0.0534. The summed E-state index contributed by atoms with van der Waals surface area (Å²) < 4.78 is 0. The number of benzene rings is 2. The predicted molar refractivity (Wildman–Crippen MR) is 73.6 cm³/mol. The van der Waals surface area contributed by atoms with Crippen LogP contribution in [0.2, 0.25) is 10.0 Å². The van der Waals surface area contributed by atoms with Crippen molar-refractivity contribution in [2.45, 2.75) is 6.54 Å². The number of nitrogens with one attached hydrogen (secondary N) is 1. The molecule has 0 radical (unpaired) electrons. The number of anilines is 1. The zero-order chi connectivity index (χ0) is 13.1. The van der Waals surface area contributed by atoms with Crippen LogP contribution in [0.3, 0.4) is 0 Å². The van der Waals surface area contributed by atoms with E-state index in [4.69, 9.17) is 23.2 Å². The van der Waals surface area contributed by atoms with Crippen LogP contribution >= 0.6 is 23.2 Å². The quantitative estimate of drug-likeness (QED) is 0.798. The second-order valence-corrected chi connectivity index (χ2v) is 4.55. The average molecular weight is 284 g/mol. The van der Waals surface area contributed by atoms with Gasteiger partial charge in [-0.05, 0) is 24.3 Å². The Hall–Kier alpha value is -1.58. The molecule has 2 rings (SSSR count). The van der Waals surface area contributed by atoms with Crippen LogP contribution < -0.4 is 5.32 Å². The first-order valence-electron chi connectivity index (χ1n) is 5.26. The van der Waals surface area contributed by atoms with Gasteiger partial charge in [0.2, 0.25) is 0 Å². The number of rotatable bonds is 3. The van der Waals surface area contributed by atoms with Gasteiger partial charge in [0, 0.05) is 18.2 Å². The fourth-order valence-corrected chi connectivity index (χ4v) is 1.90. The largest absolute Gasteiger partial charge is 0.508 e. The van der Waals surface area contributed by atoms with Gasteiger partial charge in [-0.15, -0.1) is 0 Å². The van der Waals surface area contributed by atoms with Crippen LogP contribution in [0, 0.1) is 0 Å². The van der Waals surface area contributed by atoms with E-state index in [1.54, 1.807) is 24.3 Å². The van der Waals surface area contributed by atoms with Crippen molar-refractivity contribution in [1.29, 1.82) is 0 Å². The second kappa shape index (κ2) is 5.38. The van der Waals surface area contributed by atoms with E-state index in [0.717, 1.165) is 0 Å². The molecule has 0 spiro atoms. The average Bonchev–Trinajstić information content (AvgIpc) is 2.33. The molecule has 2 aromatic carbocycles. The van der Waals surface area contributed by atoms with Crippen molar-refractivity contribution in [3.8, 4) is 11.5 Å². The van der Waals surface area contributed by atoms with Crippen molar-refractivity contribution in [2.75, 3.05) is 5.32 Å². The Bertz CT molecular complexity index is 573. The molecule has 94 valence electrons. The smallest absolute Gasteiger partial charge is 0.124 e. The summed E-state index contributed by atoms with van der Waals surface area (Å²) in [6, 6.07) is 9.72. The van der Waals surface area contributed by atoms with E-state index in [9.17, 15) is 10.2 Å². The fraction of sp³-hybridized carbons (Fsp3) is 0.0769. The maximum Gasteiger partial charge on any atom is 0.124 e. The monoisotopic (exact) mass is 283 g/mol. The Balaban J connectivity index is 2.14. The molecule has 0 heterocycles. The molecule has 0 aliphatic heterocycles. The lowest BCUT2D eigenvalue weighted by molar-refractivity contribution is 0.446. The highest BCUT2D eigenvalue weighted by Crippen LogP contribution is 2.30. The van der Waals surface area contributed by atoms with Gasteiger partial charge in [0.1, 0.15) is 11.5 Å². The Morgan fingerprint density at radius 1 is 1.06 bits per heavy atom. The third-order valence-electron chi connectivity index (χ3n) is 2.49. The van der Waals surface area contributed by atoms with Gasteiger partial charge in [-0.2, -0.15) is 0 Å². The van der Waals surface area contributed by atoms with Gasteiger partial charge in [0.15, 0.2) is 0 Å². The summed E-state index contributed by atoms with van der Waals surface area (Å²) in [4.78, 5) is 0. The number of halogens is 2. The van der Waals surface area contributed by atoms with E-state index >= 15 is 0 Å². The Morgan fingerprint density at radius 2 is 1.83 bits per heavy atom. The maximum atomic E-state index is 9.63. The molecular weight excluding hydrogens is 273 g/mol. The summed E-state index contributed by atoms with van der Waals surface area (Å²) in [7, 11) is 0. The predicted octanol–water partition coefficient (Wildman–Crippen LogP) is 4.02. The Kier molecular flexibility index (Phi) is 3.84. The molecule has 18 heavy (non-hydrogen) atoms. The van der Waals surface area contributed by atoms with Crippen molar-refractivity contribution in [1.82, 2.24) is 0 Å². The minimum absolute atomic E-state index is 0.0250. The Morgan fingerprint density at radius 3 is 2.56 bits per heavy atom. The first-order valence-corrected chi connectivity index (χ1v) is 6.02. The molecule has 0 atom stereocenters. The molecule has 3 N–H and O–H groups in total. The van der Waals surface area contributed by atoms with Gasteiger partial charge in [0.05, 0.1) is 15.7 Å². The van der Waals surface area contributed by atoms with E-state index < -0.39 is 0 Å². The van der Waals surface area contributed by atoms with Gasteiger partial charge >= 0.3 is 0 Å². The van der Waals surface area contributed by atoms with Gasteiger partial charge in [0.25, 0.3) is 0 Å². The first kappa shape index (κ1) is 12.9. The lowest BCUT2D eigenvalue weighted by atomic mass is 10.2. The van der Waals surface area contributed by atoms with Crippen LogP contribution in [0.4, 0.5) is 5.69 Å². The zero-order valence-electron chi connectivity index (χ0n) is 9.32. The molecule has 0 saturated carbocycles. The van der Waals surface area contributed by atoms with E-state index in [0.29, 0.717) is 27.8 Å². The third-order valence-corrected chi connectivity index (χ3v) is 3.31. The van der Waals surface area contributed by atoms with Crippen LogP contribution in [0.15, 0.2) is 36.4 Å². The van der Waals surface area contributed by atoms with Crippen molar-refractivity contribution in [2.24, 2.45) is 0 Å². The van der Waals surface area contributed by atoms with E-state index in [2.05, 4.69) is 5.32 Å². The standard InChI is InChI=1S/C13H11Cl2NO2/c14-10-2-1-3-11(13(10)15)16-7-8-4-5-9(17)6-12(8)18/h1-6,16-18H,7H2. The highest BCUT2D eigenvalue weighted by Gasteiger charge is 2.06. The molecule has 5 heteroatoms. The van der Waals surface area contributed by atoms with Crippen LogP contribution in [0.1, 0.15) is 5.56 Å². The number of phenolic OH excluding ortho intramolecular Hbond substituents is 2. The van der Waals surface area contributed by atoms with E-state index in [1.165, 1.54) is 12.1 Å². The summed E-state index contributed by atoms with van der Waals surface area (Å²) in [6.07, 6.45) is 0. The molecular formula is C13H11Cl2NO2. The molecule has 3 nitrogen and oxygen atoms in total. The third kappa shape index (κ3) is 2.81.